The molecule has 1 aromatic carbocycles. The Kier molecular flexibility index (Phi) is 7.74. The quantitative estimate of drug-likeness (QED) is 0.464. The van der Waals surface area contributed by atoms with Crippen molar-refractivity contribution in [3.8, 4) is 0 Å². The summed E-state index contributed by atoms with van der Waals surface area (Å²) >= 11 is 0. The number of guanidine groups is 1. The molecule has 0 aliphatic rings. The lowest BCUT2D eigenvalue weighted by Crippen LogP contribution is -2.33. The van der Waals surface area contributed by atoms with E-state index in [9.17, 15) is 0 Å². The smallest absolute Gasteiger partial charge is 0.188 e. The highest BCUT2D eigenvalue weighted by atomic mass is 127. The number of hydrogen-bond acceptors (Lipinski definition) is 2. The van der Waals surface area contributed by atoms with Crippen LogP contribution in [0.3, 0.4) is 0 Å². The van der Waals surface area contributed by atoms with Gasteiger partial charge in [-0.1, -0.05) is 36.4 Å². The van der Waals surface area contributed by atoms with Crippen LogP contribution in [-0.2, 0) is 13.0 Å². The average molecular weight is 396 g/mol. The minimum absolute atomic E-state index is 0. The Labute approximate surface area is 142 Å². The van der Waals surface area contributed by atoms with E-state index in [1.54, 1.807) is 0 Å². The normalized spacial score (nSPS) is 10.8. The summed E-state index contributed by atoms with van der Waals surface area (Å²) in [5.41, 5.74) is 9.04. The van der Waals surface area contributed by atoms with E-state index < -0.39 is 0 Å². The van der Waals surface area contributed by atoms with Crippen LogP contribution in [-0.4, -0.2) is 17.5 Å². The van der Waals surface area contributed by atoms with Gasteiger partial charge in [0.1, 0.15) is 0 Å². The Morgan fingerprint density at radius 2 is 1.90 bits per heavy atom. The van der Waals surface area contributed by atoms with Crippen molar-refractivity contribution in [2.75, 3.05) is 6.54 Å². The van der Waals surface area contributed by atoms with Crippen LogP contribution in [0.1, 0.15) is 17.0 Å². The van der Waals surface area contributed by atoms with Gasteiger partial charge in [0.15, 0.2) is 5.96 Å². The van der Waals surface area contributed by atoms with E-state index in [4.69, 9.17) is 5.73 Å². The fraction of sp³-hybridized carbons (Fsp3) is 0.250. The van der Waals surface area contributed by atoms with E-state index in [0.717, 1.165) is 24.4 Å². The van der Waals surface area contributed by atoms with Gasteiger partial charge >= 0.3 is 0 Å². The van der Waals surface area contributed by atoms with Gasteiger partial charge in [0.25, 0.3) is 0 Å². The third kappa shape index (κ3) is 6.57. The molecule has 0 saturated carbocycles. The number of aryl methyl sites for hydroxylation is 1. The van der Waals surface area contributed by atoms with Crippen molar-refractivity contribution < 1.29 is 0 Å². The zero-order valence-electron chi connectivity index (χ0n) is 12.1. The summed E-state index contributed by atoms with van der Waals surface area (Å²) in [6, 6.07) is 16.2. The summed E-state index contributed by atoms with van der Waals surface area (Å²) < 4.78 is 0. The fourth-order valence-electron chi connectivity index (χ4n) is 1.89. The maximum atomic E-state index is 5.83. The average Bonchev–Trinajstić information content (AvgIpc) is 2.46. The number of nitrogens with one attached hydrogen (secondary N) is 1. The SMILES string of the molecule is Cc1cccc(CN=C(N)NCCc2ccccc2)n1.I. The molecule has 0 spiro atoms. The summed E-state index contributed by atoms with van der Waals surface area (Å²) in [4.78, 5) is 8.67. The topological polar surface area (TPSA) is 63.3 Å². The summed E-state index contributed by atoms with van der Waals surface area (Å²) in [5.74, 6) is 0.462. The van der Waals surface area contributed by atoms with Gasteiger partial charge in [0, 0.05) is 12.2 Å². The van der Waals surface area contributed by atoms with E-state index >= 15 is 0 Å². The lowest BCUT2D eigenvalue weighted by Gasteiger charge is -2.05. The van der Waals surface area contributed by atoms with E-state index in [1.807, 2.05) is 43.3 Å². The molecule has 5 heteroatoms. The van der Waals surface area contributed by atoms with Gasteiger partial charge in [-0.3, -0.25) is 4.98 Å². The van der Waals surface area contributed by atoms with Gasteiger partial charge < -0.3 is 11.1 Å². The molecule has 1 heterocycles. The second kappa shape index (κ2) is 9.33. The van der Waals surface area contributed by atoms with E-state index in [1.165, 1.54) is 5.56 Å². The summed E-state index contributed by atoms with van der Waals surface area (Å²) in [6.45, 7) is 3.25. The Hall–Kier alpha value is -1.63. The lowest BCUT2D eigenvalue weighted by molar-refractivity contribution is 0.843. The van der Waals surface area contributed by atoms with Crippen LogP contribution < -0.4 is 11.1 Å². The Morgan fingerprint density at radius 1 is 1.14 bits per heavy atom. The lowest BCUT2D eigenvalue weighted by atomic mass is 10.1. The van der Waals surface area contributed by atoms with Gasteiger partial charge in [-0.25, -0.2) is 4.99 Å². The molecule has 4 nitrogen and oxygen atoms in total. The molecular weight excluding hydrogens is 375 g/mol. The highest BCUT2D eigenvalue weighted by Gasteiger charge is 1.96. The second-order valence-corrected chi connectivity index (χ2v) is 4.63. The number of benzene rings is 1. The number of aliphatic imine (C=N–C) groups is 1. The molecule has 0 unspecified atom stereocenters. The van der Waals surface area contributed by atoms with Gasteiger partial charge in [0.2, 0.25) is 0 Å². The summed E-state index contributed by atoms with van der Waals surface area (Å²) in [7, 11) is 0. The van der Waals surface area contributed by atoms with Crippen molar-refractivity contribution in [3.05, 3.63) is 65.5 Å². The predicted molar refractivity (Wildman–Crippen MR) is 97.9 cm³/mol. The van der Waals surface area contributed by atoms with E-state index in [-0.39, 0.29) is 24.0 Å². The zero-order chi connectivity index (χ0) is 14.2. The van der Waals surface area contributed by atoms with Crippen LogP contribution in [0.5, 0.6) is 0 Å². The molecule has 1 aromatic heterocycles. The van der Waals surface area contributed by atoms with Crippen LogP contribution in [0.2, 0.25) is 0 Å². The first-order chi connectivity index (χ1) is 9.74. The Bertz CT molecular complexity index is 569. The number of aromatic nitrogens is 1. The molecule has 0 radical (unpaired) electrons. The number of nitrogens with two attached hydrogens (primary N) is 1. The third-order valence-electron chi connectivity index (χ3n) is 2.92. The first-order valence-electron chi connectivity index (χ1n) is 6.74. The standard InChI is InChI=1S/C16H20N4.HI/c1-13-6-5-9-15(20-13)12-19-16(17)18-11-10-14-7-3-2-4-8-14;/h2-9H,10-12H2,1H3,(H3,17,18,19);1H. The maximum absolute atomic E-state index is 5.83. The highest BCUT2D eigenvalue weighted by molar-refractivity contribution is 14.0. The van der Waals surface area contributed by atoms with Crippen molar-refractivity contribution in [1.82, 2.24) is 10.3 Å². The van der Waals surface area contributed by atoms with Crippen LogP contribution in [0, 0.1) is 6.92 Å². The van der Waals surface area contributed by atoms with Gasteiger partial charge in [-0.15, -0.1) is 24.0 Å². The van der Waals surface area contributed by atoms with Crippen LogP contribution >= 0.6 is 24.0 Å². The summed E-state index contributed by atoms with van der Waals surface area (Å²) in [6.07, 6.45) is 0.930. The van der Waals surface area contributed by atoms with Crippen LogP contribution in [0.25, 0.3) is 0 Å². The highest BCUT2D eigenvalue weighted by Crippen LogP contribution is 2.00. The minimum atomic E-state index is 0. The molecule has 0 bridgehead atoms. The molecule has 3 N–H and O–H groups in total. The first kappa shape index (κ1) is 17.4. The molecule has 0 fully saturated rings. The van der Waals surface area contributed by atoms with Gasteiger partial charge in [0.05, 0.1) is 12.2 Å². The maximum Gasteiger partial charge on any atom is 0.188 e. The van der Waals surface area contributed by atoms with Crippen molar-refractivity contribution in [2.24, 2.45) is 10.7 Å². The van der Waals surface area contributed by atoms with Crippen LogP contribution in [0.15, 0.2) is 53.5 Å². The predicted octanol–water partition coefficient (Wildman–Crippen LogP) is 2.66. The van der Waals surface area contributed by atoms with Gasteiger partial charge in [-0.05, 0) is 31.0 Å². The largest absolute Gasteiger partial charge is 0.370 e. The molecule has 112 valence electrons. The Morgan fingerprint density at radius 3 is 2.62 bits per heavy atom. The molecule has 0 atom stereocenters. The number of hydrogen-bond donors (Lipinski definition) is 2. The second-order valence-electron chi connectivity index (χ2n) is 4.63. The molecule has 0 aliphatic carbocycles. The molecular formula is C16H21IN4. The molecule has 2 aromatic rings. The van der Waals surface area contributed by atoms with E-state index in [0.29, 0.717) is 12.5 Å². The number of halogens is 1. The molecule has 21 heavy (non-hydrogen) atoms. The third-order valence-corrected chi connectivity index (χ3v) is 2.92. The van der Waals surface area contributed by atoms with Crippen molar-refractivity contribution in [1.29, 1.82) is 0 Å². The molecule has 0 aliphatic heterocycles. The monoisotopic (exact) mass is 396 g/mol. The van der Waals surface area contributed by atoms with Crippen molar-refractivity contribution in [3.63, 3.8) is 0 Å². The van der Waals surface area contributed by atoms with Crippen molar-refractivity contribution >= 4 is 29.9 Å². The number of nitrogens with zero attached hydrogens (tertiary/aromatic N) is 2. The molecule has 0 saturated heterocycles. The zero-order valence-corrected chi connectivity index (χ0v) is 14.5. The number of pyridine rings is 1. The van der Waals surface area contributed by atoms with E-state index in [2.05, 4.69) is 27.4 Å². The molecule has 2 rings (SSSR count). The van der Waals surface area contributed by atoms with Crippen LogP contribution in [0.4, 0.5) is 0 Å². The number of rotatable bonds is 5. The minimum Gasteiger partial charge on any atom is -0.370 e. The Balaban J connectivity index is 0.00000220. The van der Waals surface area contributed by atoms with Gasteiger partial charge in [-0.2, -0.15) is 0 Å². The molecule has 0 amide bonds. The van der Waals surface area contributed by atoms with Crippen molar-refractivity contribution in [2.45, 2.75) is 19.9 Å². The fourth-order valence-corrected chi connectivity index (χ4v) is 1.89. The first-order valence-corrected chi connectivity index (χ1v) is 6.74. The summed E-state index contributed by atoms with van der Waals surface area (Å²) in [5, 5.41) is 3.12.